The number of nitrogens with zero attached hydrogens (tertiary/aromatic N) is 4. The average Bonchev–Trinajstić information content (AvgIpc) is 3.19. The van der Waals surface area contributed by atoms with E-state index in [1.165, 1.54) is 5.56 Å². The van der Waals surface area contributed by atoms with Gasteiger partial charge in [0.05, 0.1) is 11.4 Å². The molecule has 5 heteroatoms. The highest BCUT2D eigenvalue weighted by atomic mass is 15.4. The molecule has 0 amide bonds. The van der Waals surface area contributed by atoms with Crippen molar-refractivity contribution in [1.82, 2.24) is 14.8 Å². The van der Waals surface area contributed by atoms with E-state index in [0.29, 0.717) is 6.42 Å². The molecule has 5 rings (SSSR count). The first-order valence-corrected chi connectivity index (χ1v) is 10.1. The molecule has 0 atom stereocenters. The molecule has 30 heavy (non-hydrogen) atoms. The molecule has 5 nitrogen and oxygen atoms in total. The average molecular weight is 393 g/mol. The van der Waals surface area contributed by atoms with Crippen molar-refractivity contribution in [2.45, 2.75) is 27.2 Å². The fourth-order valence-electron chi connectivity index (χ4n) is 4.15. The van der Waals surface area contributed by atoms with Crippen molar-refractivity contribution in [2.75, 3.05) is 0 Å². The summed E-state index contributed by atoms with van der Waals surface area (Å²) in [6.07, 6.45) is 0.695. The van der Waals surface area contributed by atoms with Crippen LogP contribution in [0.5, 0.6) is 0 Å². The second-order valence-electron chi connectivity index (χ2n) is 7.70. The Kier molecular flexibility index (Phi) is 4.43. The molecule has 0 spiro atoms. The van der Waals surface area contributed by atoms with Crippen molar-refractivity contribution in [1.29, 1.82) is 0 Å². The van der Waals surface area contributed by atoms with Crippen molar-refractivity contribution < 1.29 is 0 Å². The zero-order valence-electron chi connectivity index (χ0n) is 17.3. The van der Waals surface area contributed by atoms with Crippen LogP contribution in [0.2, 0.25) is 0 Å². The van der Waals surface area contributed by atoms with Crippen molar-refractivity contribution >= 4 is 11.5 Å². The van der Waals surface area contributed by atoms with Crippen LogP contribution < -0.4 is 0 Å². The first-order valence-electron chi connectivity index (χ1n) is 10.1. The fourth-order valence-corrected chi connectivity index (χ4v) is 4.15. The molecular weight excluding hydrogens is 370 g/mol. The third-order valence-electron chi connectivity index (χ3n) is 5.50. The monoisotopic (exact) mass is 393 g/mol. The topological polar surface area (TPSA) is 58.3 Å². The summed E-state index contributed by atoms with van der Waals surface area (Å²) in [5, 5.41) is 14.1. The summed E-state index contributed by atoms with van der Waals surface area (Å²) < 4.78 is 1.90. The van der Waals surface area contributed by atoms with E-state index in [1.807, 2.05) is 35.9 Å². The Morgan fingerprint density at radius 2 is 1.50 bits per heavy atom. The molecule has 0 bridgehead atoms. The molecule has 0 saturated heterocycles. The number of fused-ring (bicyclic) bond motifs is 1. The van der Waals surface area contributed by atoms with Gasteiger partial charge in [0.25, 0.3) is 0 Å². The molecule has 1 aliphatic rings. The molecule has 1 N–H and O–H groups in total. The Morgan fingerprint density at radius 1 is 0.833 bits per heavy atom. The van der Waals surface area contributed by atoms with Gasteiger partial charge in [-0.1, -0.05) is 60.7 Å². The molecule has 0 aliphatic carbocycles. The van der Waals surface area contributed by atoms with Crippen LogP contribution in [0.3, 0.4) is 0 Å². The molecule has 3 heterocycles. The Hall–Kier alpha value is -3.73. The normalized spacial score (nSPS) is 13.4. The van der Waals surface area contributed by atoms with E-state index >= 15 is 0 Å². The van der Waals surface area contributed by atoms with Gasteiger partial charge in [0.2, 0.25) is 0 Å². The molecule has 2 aromatic heterocycles. The summed E-state index contributed by atoms with van der Waals surface area (Å²) in [5.74, 6) is 0.762. The maximum absolute atomic E-state index is 4.72. The van der Waals surface area contributed by atoms with Crippen LogP contribution in [0.15, 0.2) is 76.9 Å². The third kappa shape index (κ3) is 3.08. The summed E-state index contributed by atoms with van der Waals surface area (Å²) in [6, 6.07) is 22.8. The van der Waals surface area contributed by atoms with E-state index in [2.05, 4.69) is 61.3 Å². The first kappa shape index (κ1) is 18.3. The summed E-state index contributed by atoms with van der Waals surface area (Å²) >= 11 is 0. The lowest BCUT2D eigenvalue weighted by Gasteiger charge is -2.10. The molecule has 0 saturated carbocycles. The van der Waals surface area contributed by atoms with Crippen LogP contribution >= 0.6 is 0 Å². The fraction of sp³-hybridized carbons (Fsp3) is 0.160. The smallest absolute Gasteiger partial charge is 0.185 e. The minimum atomic E-state index is 0.695. The van der Waals surface area contributed by atoms with E-state index in [4.69, 9.17) is 15.3 Å². The Bertz CT molecular complexity index is 1270. The summed E-state index contributed by atoms with van der Waals surface area (Å²) in [7, 11) is 0. The molecule has 0 unspecified atom stereocenters. The van der Waals surface area contributed by atoms with Crippen molar-refractivity contribution in [2.24, 2.45) is 10.2 Å². The predicted molar refractivity (Wildman–Crippen MR) is 121 cm³/mol. The number of H-pyrrole nitrogens is 1. The summed E-state index contributed by atoms with van der Waals surface area (Å²) in [4.78, 5) is 3.62. The lowest BCUT2D eigenvalue weighted by Crippen LogP contribution is -2.18. The Balaban J connectivity index is 1.77. The number of aromatic nitrogens is 3. The zero-order valence-corrected chi connectivity index (χ0v) is 17.3. The highest BCUT2D eigenvalue weighted by molar-refractivity contribution is 6.10. The number of hydrogen-bond donors (Lipinski definition) is 1. The summed E-state index contributed by atoms with van der Waals surface area (Å²) in [6.45, 7) is 6.15. The first-order chi connectivity index (χ1) is 14.6. The highest BCUT2D eigenvalue weighted by Gasteiger charge is 2.26. The second-order valence-corrected chi connectivity index (χ2v) is 7.70. The van der Waals surface area contributed by atoms with Crippen molar-refractivity contribution in [3.05, 3.63) is 101 Å². The molecule has 0 radical (unpaired) electrons. The SMILES string of the molecule is Cc1cc(C)n(C2=NN=C(c3ccccc3)Cc3c(-c4ccccc4)[nH]c(C)c32)n1. The van der Waals surface area contributed by atoms with Gasteiger partial charge in [-0.05, 0) is 43.5 Å². The molecular formula is C25H23N5. The van der Waals surface area contributed by atoms with Crippen molar-refractivity contribution in [3.8, 4) is 11.3 Å². The number of nitrogens with one attached hydrogen (secondary N) is 1. The second kappa shape index (κ2) is 7.26. The van der Waals surface area contributed by atoms with Gasteiger partial charge in [-0.25, -0.2) is 4.68 Å². The van der Waals surface area contributed by atoms with Gasteiger partial charge in [-0.2, -0.15) is 10.2 Å². The maximum Gasteiger partial charge on any atom is 0.185 e. The van der Waals surface area contributed by atoms with Gasteiger partial charge in [0.15, 0.2) is 5.84 Å². The van der Waals surface area contributed by atoms with E-state index < -0.39 is 0 Å². The molecule has 1 aliphatic heterocycles. The molecule has 4 aromatic rings. The van der Waals surface area contributed by atoms with Gasteiger partial charge in [0, 0.05) is 29.1 Å². The number of aromatic amines is 1. The van der Waals surface area contributed by atoms with Crippen LogP contribution in [0.1, 0.15) is 33.8 Å². The van der Waals surface area contributed by atoms with Gasteiger partial charge in [0.1, 0.15) is 0 Å². The minimum Gasteiger partial charge on any atom is -0.358 e. The third-order valence-corrected chi connectivity index (χ3v) is 5.50. The van der Waals surface area contributed by atoms with E-state index in [-0.39, 0.29) is 0 Å². The van der Waals surface area contributed by atoms with Gasteiger partial charge >= 0.3 is 0 Å². The predicted octanol–water partition coefficient (Wildman–Crippen LogP) is 5.06. The van der Waals surface area contributed by atoms with Gasteiger partial charge in [-0.15, -0.1) is 5.10 Å². The Morgan fingerprint density at radius 3 is 2.13 bits per heavy atom. The quantitative estimate of drug-likeness (QED) is 0.508. The molecule has 0 fully saturated rings. The standard InChI is InChI=1S/C25H23N5/c1-16-14-17(2)30(29-16)25-23-18(3)26-24(20-12-8-5-9-13-20)21(23)15-22(27-28-25)19-10-6-4-7-11-19/h4-14,26H,15H2,1-3H3. The number of rotatable bonds is 2. The maximum atomic E-state index is 4.72. The van der Waals surface area contributed by atoms with E-state index in [9.17, 15) is 0 Å². The summed E-state index contributed by atoms with van der Waals surface area (Å²) in [5.41, 5.74) is 9.65. The lowest BCUT2D eigenvalue weighted by molar-refractivity contribution is 0.872. The van der Waals surface area contributed by atoms with Crippen LogP contribution in [0.4, 0.5) is 0 Å². The van der Waals surface area contributed by atoms with Crippen LogP contribution in [-0.4, -0.2) is 26.3 Å². The number of benzene rings is 2. The molecule has 2 aromatic carbocycles. The van der Waals surface area contributed by atoms with E-state index in [0.717, 1.165) is 51.0 Å². The number of hydrogen-bond acceptors (Lipinski definition) is 3. The largest absolute Gasteiger partial charge is 0.358 e. The van der Waals surface area contributed by atoms with Crippen LogP contribution in [0, 0.1) is 20.8 Å². The molecule has 148 valence electrons. The van der Waals surface area contributed by atoms with Gasteiger partial charge < -0.3 is 4.98 Å². The minimum absolute atomic E-state index is 0.695. The van der Waals surface area contributed by atoms with Gasteiger partial charge in [-0.3, -0.25) is 0 Å². The zero-order chi connectivity index (χ0) is 20.7. The van der Waals surface area contributed by atoms with E-state index in [1.54, 1.807) is 0 Å². The Labute approximate surface area is 175 Å². The lowest BCUT2D eigenvalue weighted by atomic mass is 9.96. The van der Waals surface area contributed by atoms with Crippen LogP contribution in [0.25, 0.3) is 11.3 Å². The number of aryl methyl sites for hydroxylation is 3. The van der Waals surface area contributed by atoms with Crippen molar-refractivity contribution in [3.63, 3.8) is 0 Å². The van der Waals surface area contributed by atoms with Crippen LogP contribution in [-0.2, 0) is 6.42 Å². The highest BCUT2D eigenvalue weighted by Crippen LogP contribution is 2.32.